The zero-order valence-corrected chi connectivity index (χ0v) is 8.68. The number of aliphatic hydroxyl groups is 5. The number of hydrogen-bond acceptors (Lipinski definition) is 6. The van der Waals surface area contributed by atoms with E-state index in [-0.39, 0.29) is 4.86 Å². The zero-order valence-electron chi connectivity index (χ0n) is 7.87. The Hall–Kier alpha value is -0.110. The van der Waals surface area contributed by atoms with Crippen LogP contribution in [0.3, 0.4) is 0 Å². The summed E-state index contributed by atoms with van der Waals surface area (Å²) in [6.45, 7) is 1.01. The average Bonchev–Trinajstić information content (AvgIpc) is 2.23. The van der Waals surface area contributed by atoms with E-state index in [0.717, 1.165) is 0 Å². The lowest BCUT2D eigenvalue weighted by molar-refractivity contribution is -0.101. The molecule has 0 fully saturated rings. The first-order chi connectivity index (χ1) is 6.45. The Morgan fingerprint density at radius 2 is 1.64 bits per heavy atom. The fourth-order valence-corrected chi connectivity index (χ4v) is 1.06. The molecule has 0 aliphatic heterocycles. The van der Waals surface area contributed by atoms with Crippen molar-refractivity contribution >= 4 is 17.1 Å². The van der Waals surface area contributed by atoms with Gasteiger partial charge < -0.3 is 25.5 Å². The van der Waals surface area contributed by atoms with E-state index in [9.17, 15) is 15.3 Å². The fourth-order valence-electron chi connectivity index (χ4n) is 0.922. The summed E-state index contributed by atoms with van der Waals surface area (Å²) in [4.78, 5) is 0.196. The van der Waals surface area contributed by atoms with Crippen molar-refractivity contribution in [2.24, 2.45) is 0 Å². The Labute approximate surface area is 87.6 Å². The molecular formula is C8H16O5S. The number of rotatable bonds is 6. The van der Waals surface area contributed by atoms with Gasteiger partial charge in [0.15, 0.2) is 0 Å². The van der Waals surface area contributed by atoms with Gasteiger partial charge >= 0.3 is 0 Å². The smallest absolute Gasteiger partial charge is 0.114 e. The number of aliphatic hydroxyl groups excluding tert-OH is 5. The molecular weight excluding hydrogens is 208 g/mol. The van der Waals surface area contributed by atoms with Crippen LogP contribution in [0.1, 0.15) is 13.3 Å². The van der Waals surface area contributed by atoms with Crippen LogP contribution in [0.25, 0.3) is 0 Å². The third-order valence-corrected chi connectivity index (χ3v) is 2.46. The quantitative estimate of drug-likeness (QED) is 0.341. The molecule has 14 heavy (non-hydrogen) atoms. The van der Waals surface area contributed by atoms with E-state index in [1.807, 2.05) is 0 Å². The van der Waals surface area contributed by atoms with Crippen molar-refractivity contribution in [2.45, 2.75) is 37.8 Å². The second-order valence-electron chi connectivity index (χ2n) is 3.00. The molecule has 0 heterocycles. The van der Waals surface area contributed by atoms with Crippen molar-refractivity contribution in [3.63, 3.8) is 0 Å². The Bertz CT molecular complexity index is 187. The van der Waals surface area contributed by atoms with Crippen LogP contribution in [0.4, 0.5) is 0 Å². The summed E-state index contributed by atoms with van der Waals surface area (Å²) in [6.07, 6.45) is -5.66. The van der Waals surface area contributed by atoms with E-state index in [2.05, 4.69) is 0 Å². The summed E-state index contributed by atoms with van der Waals surface area (Å²) in [7, 11) is 0. The molecule has 0 rings (SSSR count). The first-order valence-corrected chi connectivity index (χ1v) is 4.72. The van der Waals surface area contributed by atoms with Gasteiger partial charge in [-0.05, 0) is 6.42 Å². The first-order valence-electron chi connectivity index (χ1n) is 4.31. The van der Waals surface area contributed by atoms with Crippen molar-refractivity contribution in [1.29, 1.82) is 0 Å². The molecule has 0 aliphatic rings. The number of hydrogen-bond donors (Lipinski definition) is 5. The van der Waals surface area contributed by atoms with Gasteiger partial charge in [-0.15, -0.1) is 0 Å². The van der Waals surface area contributed by atoms with Crippen LogP contribution >= 0.6 is 12.2 Å². The molecule has 0 saturated heterocycles. The molecule has 6 heteroatoms. The van der Waals surface area contributed by atoms with Crippen LogP contribution < -0.4 is 0 Å². The fraction of sp³-hybridized carbons (Fsp3) is 0.875. The molecule has 0 bridgehead atoms. The van der Waals surface area contributed by atoms with E-state index < -0.39 is 31.0 Å². The summed E-state index contributed by atoms with van der Waals surface area (Å²) in [5.41, 5.74) is 0. The van der Waals surface area contributed by atoms with Gasteiger partial charge in [0.25, 0.3) is 0 Å². The van der Waals surface area contributed by atoms with Crippen molar-refractivity contribution in [2.75, 3.05) is 6.61 Å². The Kier molecular flexibility index (Phi) is 6.34. The predicted molar refractivity (Wildman–Crippen MR) is 54.0 cm³/mol. The average molecular weight is 224 g/mol. The van der Waals surface area contributed by atoms with Crippen LogP contribution in [0.15, 0.2) is 0 Å². The van der Waals surface area contributed by atoms with Gasteiger partial charge in [0, 0.05) is 4.86 Å². The molecule has 84 valence electrons. The van der Waals surface area contributed by atoms with Crippen LogP contribution in [0, 0.1) is 0 Å². The highest BCUT2D eigenvalue weighted by atomic mass is 32.1. The highest BCUT2D eigenvalue weighted by Crippen LogP contribution is 2.08. The van der Waals surface area contributed by atoms with E-state index in [1.54, 1.807) is 6.92 Å². The predicted octanol–water partition coefficient (Wildman–Crippen LogP) is -1.80. The van der Waals surface area contributed by atoms with Gasteiger partial charge in [-0.1, -0.05) is 19.1 Å². The minimum Gasteiger partial charge on any atom is -0.394 e. The van der Waals surface area contributed by atoms with Crippen molar-refractivity contribution in [3.05, 3.63) is 0 Å². The molecule has 0 aromatic heterocycles. The lowest BCUT2D eigenvalue weighted by Crippen LogP contribution is -2.48. The Balaban J connectivity index is 4.30. The van der Waals surface area contributed by atoms with Crippen LogP contribution in [-0.4, -0.2) is 61.4 Å². The second kappa shape index (κ2) is 6.39. The first kappa shape index (κ1) is 13.9. The van der Waals surface area contributed by atoms with Gasteiger partial charge in [-0.25, -0.2) is 0 Å². The van der Waals surface area contributed by atoms with Gasteiger partial charge in [0.2, 0.25) is 0 Å². The minimum absolute atomic E-state index is 0.196. The molecule has 0 spiro atoms. The molecule has 4 atom stereocenters. The van der Waals surface area contributed by atoms with E-state index >= 15 is 0 Å². The molecule has 5 nitrogen and oxygen atoms in total. The maximum absolute atomic E-state index is 9.36. The van der Waals surface area contributed by atoms with Gasteiger partial charge in [-0.3, -0.25) is 0 Å². The maximum Gasteiger partial charge on any atom is 0.114 e. The van der Waals surface area contributed by atoms with Gasteiger partial charge in [-0.2, -0.15) is 0 Å². The summed E-state index contributed by atoms with van der Waals surface area (Å²) >= 11 is 4.73. The van der Waals surface area contributed by atoms with E-state index in [1.165, 1.54) is 0 Å². The lowest BCUT2D eigenvalue weighted by Gasteiger charge is -2.25. The van der Waals surface area contributed by atoms with Crippen LogP contribution in [0.2, 0.25) is 0 Å². The van der Waals surface area contributed by atoms with Crippen molar-refractivity contribution < 1.29 is 25.5 Å². The van der Waals surface area contributed by atoms with Crippen LogP contribution in [0.5, 0.6) is 0 Å². The monoisotopic (exact) mass is 224 g/mol. The number of thiocarbonyl (C=S) groups is 1. The van der Waals surface area contributed by atoms with Crippen molar-refractivity contribution in [1.82, 2.24) is 0 Å². The molecule has 0 unspecified atom stereocenters. The third-order valence-electron chi connectivity index (χ3n) is 1.93. The largest absolute Gasteiger partial charge is 0.394 e. The zero-order chi connectivity index (χ0) is 11.3. The molecule has 0 aliphatic carbocycles. The summed E-state index contributed by atoms with van der Waals surface area (Å²) in [6, 6.07) is 0. The summed E-state index contributed by atoms with van der Waals surface area (Å²) in [5.74, 6) is 0. The molecule has 0 amide bonds. The SMILES string of the molecule is CCC(=S)[C@H](O)[C@@H](O)[C@@H](O)[C@H](O)CO. The highest BCUT2D eigenvalue weighted by Gasteiger charge is 2.31. The molecule has 0 aromatic carbocycles. The molecule has 0 radical (unpaired) electrons. The summed E-state index contributed by atoms with van der Waals surface area (Å²) < 4.78 is 0. The normalized spacial score (nSPS) is 19.9. The summed E-state index contributed by atoms with van der Waals surface area (Å²) in [5, 5.41) is 45.4. The second-order valence-corrected chi connectivity index (χ2v) is 3.52. The van der Waals surface area contributed by atoms with Crippen molar-refractivity contribution in [3.8, 4) is 0 Å². The third kappa shape index (κ3) is 3.56. The highest BCUT2D eigenvalue weighted by molar-refractivity contribution is 7.80. The van der Waals surface area contributed by atoms with Crippen LogP contribution in [-0.2, 0) is 0 Å². The minimum atomic E-state index is -1.61. The molecule has 0 aromatic rings. The Morgan fingerprint density at radius 1 is 1.14 bits per heavy atom. The standard InChI is InChI=1S/C8H16O5S/c1-2-5(14)7(12)8(13)6(11)4(10)3-9/h4,6-13H,2-3H2,1H3/t4-,6+,7+,8+/m1/s1. The lowest BCUT2D eigenvalue weighted by atomic mass is 10.0. The molecule has 0 saturated carbocycles. The Morgan fingerprint density at radius 3 is 2.00 bits per heavy atom. The maximum atomic E-state index is 9.36. The van der Waals surface area contributed by atoms with Gasteiger partial charge in [0.05, 0.1) is 6.61 Å². The van der Waals surface area contributed by atoms with E-state index in [4.69, 9.17) is 22.4 Å². The molecule has 5 N–H and O–H groups in total. The topological polar surface area (TPSA) is 101 Å². The van der Waals surface area contributed by atoms with E-state index in [0.29, 0.717) is 6.42 Å². The van der Waals surface area contributed by atoms with Gasteiger partial charge in [0.1, 0.15) is 24.4 Å².